The van der Waals surface area contributed by atoms with Crippen LogP contribution in [-0.4, -0.2) is 20.4 Å². The third-order valence-corrected chi connectivity index (χ3v) is 5.17. The van der Waals surface area contributed by atoms with Gasteiger partial charge in [-0.3, -0.25) is 4.79 Å². The Morgan fingerprint density at radius 3 is 2.06 bits per heavy atom. The minimum Gasteiger partial charge on any atom is -0.318 e. The topological polar surface area (TPSA) is 77.2 Å². The van der Waals surface area contributed by atoms with Crippen LogP contribution in [0.25, 0.3) is 28.3 Å². The van der Waals surface area contributed by atoms with E-state index in [4.69, 9.17) is 10.7 Å². The Labute approximate surface area is 179 Å². The van der Waals surface area contributed by atoms with Gasteiger partial charge in [-0.15, -0.1) is 4.98 Å². The predicted molar refractivity (Wildman–Crippen MR) is 119 cm³/mol. The van der Waals surface area contributed by atoms with Crippen LogP contribution >= 0.6 is 0 Å². The maximum atomic E-state index is 12.9. The summed E-state index contributed by atoms with van der Waals surface area (Å²) in [6, 6.07) is 31.0. The Morgan fingerprint density at radius 2 is 1.42 bits per heavy atom. The highest BCUT2D eigenvalue weighted by Gasteiger charge is 2.25. The first-order valence-electron chi connectivity index (χ1n) is 9.99. The number of benzene rings is 3. The number of aromatic nitrogens is 4. The Kier molecular flexibility index (Phi) is 4.72. The molecular formula is C25H20N5O+. The Balaban J connectivity index is 1.70. The zero-order valence-corrected chi connectivity index (χ0v) is 16.7. The summed E-state index contributed by atoms with van der Waals surface area (Å²) in [5.74, 6) is 0.696. The second-order valence-electron chi connectivity index (χ2n) is 7.20. The van der Waals surface area contributed by atoms with E-state index in [0.29, 0.717) is 11.3 Å². The zero-order valence-electron chi connectivity index (χ0n) is 16.7. The van der Waals surface area contributed by atoms with Gasteiger partial charge >= 0.3 is 11.7 Å². The van der Waals surface area contributed by atoms with Gasteiger partial charge in [0.15, 0.2) is 5.78 Å². The summed E-state index contributed by atoms with van der Waals surface area (Å²) in [7, 11) is 0. The second-order valence-corrected chi connectivity index (χ2v) is 7.20. The van der Waals surface area contributed by atoms with Crippen LogP contribution in [0.15, 0.2) is 97.1 Å². The number of hydrogen-bond acceptors (Lipinski definition) is 4. The van der Waals surface area contributed by atoms with Gasteiger partial charge in [0.1, 0.15) is 17.9 Å². The maximum Gasteiger partial charge on any atom is 0.359 e. The lowest BCUT2D eigenvalue weighted by molar-refractivity contribution is -0.645. The van der Waals surface area contributed by atoms with Gasteiger partial charge in [-0.25, -0.2) is 4.57 Å². The van der Waals surface area contributed by atoms with Gasteiger partial charge in [-0.05, 0) is 0 Å². The van der Waals surface area contributed by atoms with E-state index >= 15 is 0 Å². The molecule has 2 heterocycles. The van der Waals surface area contributed by atoms with E-state index in [9.17, 15) is 4.79 Å². The summed E-state index contributed by atoms with van der Waals surface area (Å²) in [5, 5.41) is 4.51. The normalized spacial score (nSPS) is 11.0. The summed E-state index contributed by atoms with van der Waals surface area (Å²) >= 11 is 0. The van der Waals surface area contributed by atoms with Gasteiger partial charge in [-0.2, -0.15) is 0 Å². The monoisotopic (exact) mass is 406 g/mol. The van der Waals surface area contributed by atoms with Crippen molar-refractivity contribution in [2.24, 2.45) is 0 Å². The molecule has 0 saturated heterocycles. The van der Waals surface area contributed by atoms with Crippen molar-refractivity contribution < 1.29 is 9.36 Å². The number of ketones is 1. The number of nitrogens with two attached hydrogens (primary N) is 1. The summed E-state index contributed by atoms with van der Waals surface area (Å²) in [6.07, 6.45) is 0. The number of nitrogens with zero attached hydrogens (tertiary/aromatic N) is 4. The fraction of sp³-hybridized carbons (Fsp3) is 0.0400. The minimum atomic E-state index is -0.0552. The number of anilines is 1. The lowest BCUT2D eigenvalue weighted by Crippen LogP contribution is -2.40. The van der Waals surface area contributed by atoms with Crippen LogP contribution in [-0.2, 0) is 6.54 Å². The van der Waals surface area contributed by atoms with E-state index in [1.165, 1.54) is 0 Å². The first kappa shape index (κ1) is 18.7. The lowest BCUT2D eigenvalue weighted by atomic mass is 10.1. The molecule has 0 atom stereocenters. The van der Waals surface area contributed by atoms with Gasteiger partial charge in [0, 0.05) is 27.9 Å². The molecule has 5 aromatic rings. The first-order valence-corrected chi connectivity index (χ1v) is 9.99. The Morgan fingerprint density at radius 1 is 0.839 bits per heavy atom. The molecule has 6 heteroatoms. The largest absolute Gasteiger partial charge is 0.359 e. The van der Waals surface area contributed by atoms with Crippen LogP contribution in [0.2, 0.25) is 0 Å². The SMILES string of the molecule is Nc1nn2c(-c3ccccc3)cc(-c3ccccc3)nc2[n+]1CC(=O)c1ccccc1. The molecule has 0 aliphatic heterocycles. The fourth-order valence-corrected chi connectivity index (χ4v) is 3.60. The van der Waals surface area contributed by atoms with Crippen molar-refractivity contribution >= 4 is 17.5 Å². The lowest BCUT2D eigenvalue weighted by Gasteiger charge is -2.05. The molecule has 0 unspecified atom stereocenters. The van der Waals surface area contributed by atoms with Crippen molar-refractivity contribution in [3.8, 4) is 22.5 Å². The van der Waals surface area contributed by atoms with Crippen molar-refractivity contribution in [1.29, 1.82) is 0 Å². The summed E-state index contributed by atoms with van der Waals surface area (Å²) in [5.41, 5.74) is 10.5. The molecule has 3 aromatic carbocycles. The molecular weight excluding hydrogens is 386 g/mol. The molecule has 0 aliphatic carbocycles. The molecule has 150 valence electrons. The molecule has 5 rings (SSSR count). The Hall–Kier alpha value is -4.32. The average Bonchev–Trinajstić information content (AvgIpc) is 3.15. The zero-order chi connectivity index (χ0) is 21.2. The number of carbonyl (C=O) groups excluding carboxylic acids is 1. The smallest absolute Gasteiger partial charge is 0.318 e. The molecule has 2 N–H and O–H groups in total. The van der Waals surface area contributed by atoms with Crippen molar-refractivity contribution in [3.63, 3.8) is 0 Å². The quantitative estimate of drug-likeness (QED) is 0.356. The molecule has 0 spiro atoms. The van der Waals surface area contributed by atoms with Crippen LogP contribution in [0.3, 0.4) is 0 Å². The highest BCUT2D eigenvalue weighted by molar-refractivity contribution is 5.95. The number of Topliss-reactive ketones (excluding diaryl/α,β-unsaturated/α-hetero) is 1. The number of rotatable bonds is 5. The molecule has 0 amide bonds. The molecule has 2 aromatic heterocycles. The van der Waals surface area contributed by atoms with Crippen molar-refractivity contribution in [1.82, 2.24) is 14.6 Å². The van der Waals surface area contributed by atoms with E-state index in [1.54, 1.807) is 21.2 Å². The number of fused-ring (bicyclic) bond motifs is 1. The number of hydrogen-bond donors (Lipinski definition) is 1. The van der Waals surface area contributed by atoms with Crippen LogP contribution in [0.5, 0.6) is 0 Å². The molecule has 0 saturated carbocycles. The van der Waals surface area contributed by atoms with Crippen LogP contribution < -0.4 is 10.3 Å². The third-order valence-electron chi connectivity index (χ3n) is 5.17. The van der Waals surface area contributed by atoms with Crippen LogP contribution in [0, 0.1) is 0 Å². The summed E-state index contributed by atoms with van der Waals surface area (Å²) in [6.45, 7) is 0.0544. The van der Waals surface area contributed by atoms with Crippen molar-refractivity contribution in [3.05, 3.63) is 103 Å². The molecule has 6 nitrogen and oxygen atoms in total. The maximum absolute atomic E-state index is 12.9. The molecule has 0 radical (unpaired) electrons. The molecule has 31 heavy (non-hydrogen) atoms. The minimum absolute atomic E-state index is 0.0544. The highest BCUT2D eigenvalue weighted by atomic mass is 16.1. The van der Waals surface area contributed by atoms with Crippen LogP contribution in [0.4, 0.5) is 5.95 Å². The summed E-state index contributed by atoms with van der Waals surface area (Å²) < 4.78 is 3.36. The summed E-state index contributed by atoms with van der Waals surface area (Å²) in [4.78, 5) is 17.7. The predicted octanol–water partition coefficient (Wildman–Crippen LogP) is 3.82. The van der Waals surface area contributed by atoms with Gasteiger partial charge in [0.2, 0.25) is 0 Å². The second kappa shape index (κ2) is 7.84. The van der Waals surface area contributed by atoms with E-state index in [1.807, 2.05) is 84.9 Å². The van der Waals surface area contributed by atoms with Crippen LogP contribution in [0.1, 0.15) is 10.4 Å². The van der Waals surface area contributed by atoms with E-state index in [0.717, 1.165) is 22.5 Å². The van der Waals surface area contributed by atoms with E-state index in [-0.39, 0.29) is 18.3 Å². The standard InChI is InChI=1S/C25H20N5O/c26-24-28-30-22(19-12-6-2-7-13-19)16-21(18-10-4-1-5-11-18)27-25(30)29(24)17-23(31)20-14-8-3-9-15-20/h1-16H,17H2,(H2,26,28)/q+1. The highest BCUT2D eigenvalue weighted by Crippen LogP contribution is 2.25. The average molecular weight is 406 g/mol. The molecule has 0 aliphatic rings. The third kappa shape index (κ3) is 3.55. The van der Waals surface area contributed by atoms with Gasteiger partial charge in [0.25, 0.3) is 0 Å². The van der Waals surface area contributed by atoms with Gasteiger partial charge in [-0.1, -0.05) is 95.5 Å². The number of carbonyl (C=O) groups is 1. The van der Waals surface area contributed by atoms with Crippen molar-refractivity contribution in [2.45, 2.75) is 6.54 Å². The van der Waals surface area contributed by atoms with Gasteiger partial charge < -0.3 is 5.73 Å². The Bertz CT molecular complexity index is 1360. The fourth-order valence-electron chi connectivity index (χ4n) is 3.60. The van der Waals surface area contributed by atoms with Gasteiger partial charge in [0.05, 0.1) is 0 Å². The molecule has 0 fully saturated rings. The van der Waals surface area contributed by atoms with Crippen molar-refractivity contribution in [2.75, 3.05) is 5.73 Å². The number of nitrogen functional groups attached to an aromatic ring is 1. The molecule has 0 bridgehead atoms. The van der Waals surface area contributed by atoms with E-state index in [2.05, 4.69) is 5.10 Å². The first-order chi connectivity index (χ1) is 15.2. The van der Waals surface area contributed by atoms with E-state index < -0.39 is 0 Å².